The first-order chi connectivity index (χ1) is 7.42. The highest BCUT2D eigenvalue weighted by Gasteiger charge is 2.01. The Hall–Kier alpha value is -1.51. The molecule has 0 fully saturated rings. The summed E-state index contributed by atoms with van der Waals surface area (Å²) in [5.74, 6) is 0.242. The molecule has 0 radical (unpaired) electrons. The lowest BCUT2D eigenvalue weighted by Crippen LogP contribution is -2.17. The summed E-state index contributed by atoms with van der Waals surface area (Å²) in [6.45, 7) is -2.45. The fourth-order valence-electron chi connectivity index (χ4n) is 0.930. The third-order valence-electron chi connectivity index (χ3n) is 1.58. The van der Waals surface area contributed by atoms with Crippen molar-refractivity contribution >= 4 is 5.91 Å². The Labute approximate surface area is 81.9 Å². The van der Waals surface area contributed by atoms with E-state index in [2.05, 4.69) is 5.32 Å². The van der Waals surface area contributed by atoms with Gasteiger partial charge in [-0.05, 0) is 31.1 Å². The highest BCUT2D eigenvalue weighted by atomic mass is 16.5. The minimum Gasteiger partial charge on any atom is -0.494 e. The average molecular weight is 182 g/mol. The largest absolute Gasteiger partial charge is 0.494 e. The molecule has 0 aromatic heterocycles. The Kier molecular flexibility index (Phi) is 2.08. The van der Waals surface area contributed by atoms with E-state index in [0.29, 0.717) is 11.3 Å². The maximum atomic E-state index is 11.2. The number of nitrogens with one attached hydrogen (secondary N) is 1. The monoisotopic (exact) mass is 182 g/mol. The van der Waals surface area contributed by atoms with Gasteiger partial charge in [0.2, 0.25) is 0 Å². The highest BCUT2D eigenvalue weighted by molar-refractivity contribution is 5.94. The molecule has 0 aliphatic heterocycles. The molecule has 0 saturated heterocycles. The van der Waals surface area contributed by atoms with Crippen molar-refractivity contribution in [3.8, 4) is 5.75 Å². The lowest BCUT2D eigenvalue weighted by molar-refractivity contribution is 0.0963. The molecule has 70 valence electrons. The highest BCUT2D eigenvalue weighted by Crippen LogP contribution is 2.11. The van der Waals surface area contributed by atoms with Crippen LogP contribution in [0.1, 0.15) is 21.3 Å². The van der Waals surface area contributed by atoms with E-state index in [-0.39, 0.29) is 12.5 Å². The van der Waals surface area contributed by atoms with Crippen molar-refractivity contribution in [2.45, 2.75) is 6.85 Å². The Bertz CT molecular complexity index is 359. The van der Waals surface area contributed by atoms with Gasteiger partial charge in [-0.25, -0.2) is 0 Å². The maximum Gasteiger partial charge on any atom is 0.251 e. The van der Waals surface area contributed by atoms with E-state index < -0.39 is 6.85 Å². The first-order valence-electron chi connectivity index (χ1n) is 5.37. The number of rotatable bonds is 3. The van der Waals surface area contributed by atoms with Crippen LogP contribution in [0.3, 0.4) is 0 Å². The molecule has 0 spiro atoms. The zero-order valence-electron chi connectivity index (χ0n) is 10.3. The smallest absolute Gasteiger partial charge is 0.251 e. The number of carbonyl (C=O) groups excluding carboxylic acids is 1. The molecule has 0 bridgehead atoms. The zero-order valence-corrected chi connectivity index (χ0v) is 7.33. The SMILES string of the molecule is [2H]C([2H])([2H])COc1ccc(C(=O)NC)cc1. The molecule has 0 aliphatic rings. The molecule has 13 heavy (non-hydrogen) atoms. The van der Waals surface area contributed by atoms with Crippen LogP contribution >= 0.6 is 0 Å². The molecule has 1 rings (SSSR count). The summed E-state index contributed by atoms with van der Waals surface area (Å²) in [6, 6.07) is 6.29. The predicted octanol–water partition coefficient (Wildman–Crippen LogP) is 1.44. The van der Waals surface area contributed by atoms with Gasteiger partial charge in [0.05, 0.1) is 6.61 Å². The number of hydrogen-bond acceptors (Lipinski definition) is 2. The first-order valence-corrected chi connectivity index (χ1v) is 3.87. The van der Waals surface area contributed by atoms with Crippen LogP contribution in [0.4, 0.5) is 0 Å². The van der Waals surface area contributed by atoms with Crippen molar-refractivity contribution in [3.63, 3.8) is 0 Å². The fourth-order valence-corrected chi connectivity index (χ4v) is 0.930. The predicted molar refractivity (Wildman–Crippen MR) is 51.0 cm³/mol. The van der Waals surface area contributed by atoms with Crippen molar-refractivity contribution < 1.29 is 13.6 Å². The molecule has 0 aliphatic carbocycles. The van der Waals surface area contributed by atoms with Crippen molar-refractivity contribution in [1.82, 2.24) is 5.32 Å². The Morgan fingerprint density at radius 1 is 1.54 bits per heavy atom. The molecule has 0 heterocycles. The summed E-state index contributed by atoms with van der Waals surface area (Å²) < 4.78 is 25.9. The van der Waals surface area contributed by atoms with Crippen LogP contribution in [0.2, 0.25) is 0 Å². The summed E-state index contributed by atoms with van der Waals surface area (Å²) in [5, 5.41) is 2.49. The standard InChI is InChI=1S/C10H13NO2/c1-3-13-9-6-4-8(5-7-9)10(12)11-2/h4-7H,3H2,1-2H3,(H,11,12)/i1D3. The van der Waals surface area contributed by atoms with Gasteiger partial charge in [-0.3, -0.25) is 4.79 Å². The van der Waals surface area contributed by atoms with Crippen molar-refractivity contribution in [2.75, 3.05) is 13.7 Å². The van der Waals surface area contributed by atoms with Gasteiger partial charge in [0.15, 0.2) is 0 Å². The van der Waals surface area contributed by atoms with E-state index in [1.807, 2.05) is 0 Å². The van der Waals surface area contributed by atoms with Crippen LogP contribution in [0.25, 0.3) is 0 Å². The van der Waals surface area contributed by atoms with Crippen LogP contribution in [0.5, 0.6) is 5.75 Å². The van der Waals surface area contributed by atoms with E-state index in [1.165, 1.54) is 0 Å². The molecule has 1 N–H and O–H groups in total. The van der Waals surface area contributed by atoms with Gasteiger partial charge < -0.3 is 10.1 Å². The molecular weight excluding hydrogens is 166 g/mol. The zero-order chi connectivity index (χ0) is 12.2. The van der Waals surface area contributed by atoms with E-state index >= 15 is 0 Å². The number of carbonyl (C=O) groups is 1. The second-order valence-corrected chi connectivity index (χ2v) is 2.39. The molecular formula is C10H13NO2. The average Bonchev–Trinajstić information content (AvgIpc) is 2.25. The van der Waals surface area contributed by atoms with Gasteiger partial charge in [0.25, 0.3) is 5.91 Å². The second kappa shape index (κ2) is 4.50. The summed E-state index contributed by atoms with van der Waals surface area (Å²) in [7, 11) is 1.54. The van der Waals surface area contributed by atoms with Gasteiger partial charge in [-0.15, -0.1) is 0 Å². The number of ether oxygens (including phenoxy) is 1. The second-order valence-electron chi connectivity index (χ2n) is 2.39. The minimum atomic E-state index is -2.11. The number of amides is 1. The molecule has 0 unspecified atom stereocenters. The Morgan fingerprint density at radius 2 is 2.23 bits per heavy atom. The molecule has 1 aromatic rings. The first kappa shape index (κ1) is 6.02. The summed E-state index contributed by atoms with van der Waals surface area (Å²) >= 11 is 0. The molecule has 1 aromatic carbocycles. The van der Waals surface area contributed by atoms with Gasteiger partial charge in [-0.1, -0.05) is 0 Å². The topological polar surface area (TPSA) is 38.3 Å². The van der Waals surface area contributed by atoms with E-state index in [1.54, 1.807) is 31.3 Å². The van der Waals surface area contributed by atoms with Crippen LogP contribution in [0, 0.1) is 0 Å². The van der Waals surface area contributed by atoms with Crippen LogP contribution in [-0.2, 0) is 0 Å². The van der Waals surface area contributed by atoms with Gasteiger partial charge in [0.1, 0.15) is 5.75 Å². The van der Waals surface area contributed by atoms with Gasteiger partial charge in [-0.2, -0.15) is 0 Å². The third kappa shape index (κ3) is 2.47. The van der Waals surface area contributed by atoms with Crippen molar-refractivity contribution in [3.05, 3.63) is 29.8 Å². The summed E-state index contributed by atoms with van der Waals surface area (Å²) in [4.78, 5) is 11.2. The molecule has 0 atom stereocenters. The van der Waals surface area contributed by atoms with E-state index in [9.17, 15) is 4.79 Å². The molecule has 3 nitrogen and oxygen atoms in total. The third-order valence-corrected chi connectivity index (χ3v) is 1.58. The lowest BCUT2D eigenvalue weighted by atomic mass is 10.2. The van der Waals surface area contributed by atoms with Crippen molar-refractivity contribution in [1.29, 1.82) is 0 Å². The quantitative estimate of drug-likeness (QED) is 0.768. The summed E-state index contributed by atoms with van der Waals surface area (Å²) in [5.41, 5.74) is 0.503. The molecule has 0 saturated carbocycles. The van der Waals surface area contributed by atoms with Crippen molar-refractivity contribution in [2.24, 2.45) is 0 Å². The normalized spacial score (nSPS) is 13.8. The minimum absolute atomic E-state index is 0.192. The Balaban J connectivity index is 2.62. The Morgan fingerprint density at radius 3 is 2.77 bits per heavy atom. The van der Waals surface area contributed by atoms with Gasteiger partial charge in [0, 0.05) is 16.7 Å². The number of benzene rings is 1. The molecule has 3 heteroatoms. The van der Waals surface area contributed by atoms with E-state index in [0.717, 1.165) is 0 Å². The van der Waals surface area contributed by atoms with Crippen LogP contribution in [-0.4, -0.2) is 19.6 Å². The summed E-state index contributed by atoms with van der Waals surface area (Å²) in [6.07, 6.45) is 0. The lowest BCUT2D eigenvalue weighted by Gasteiger charge is -2.03. The van der Waals surface area contributed by atoms with Gasteiger partial charge >= 0.3 is 0 Å². The maximum absolute atomic E-state index is 11.2. The van der Waals surface area contributed by atoms with E-state index in [4.69, 9.17) is 8.85 Å². The molecule has 1 amide bonds. The number of hydrogen-bond donors (Lipinski definition) is 1. The van der Waals surface area contributed by atoms with Crippen LogP contribution in [0.15, 0.2) is 24.3 Å². The van der Waals surface area contributed by atoms with Crippen LogP contribution < -0.4 is 10.1 Å². The fraction of sp³-hybridized carbons (Fsp3) is 0.300.